The molecule has 2 rings (SSSR count). The van der Waals surface area contributed by atoms with Gasteiger partial charge in [-0.25, -0.2) is 4.98 Å². The van der Waals surface area contributed by atoms with E-state index in [1.165, 1.54) is 0 Å². The molecule has 0 fully saturated rings. The lowest BCUT2D eigenvalue weighted by molar-refractivity contribution is 0.278. The van der Waals surface area contributed by atoms with E-state index < -0.39 is 0 Å². The highest BCUT2D eigenvalue weighted by atomic mass is 79.9. The standard InChI is InChI=1S/C14H16BrN3O2/c1-3-16-13-8-17-10(7-18-13)9-20-14-11(15)5-4-6-12(14)19-2/h4-8H,3,9H2,1-2H3,(H,16,18). The van der Waals surface area contributed by atoms with Crippen LogP contribution >= 0.6 is 15.9 Å². The summed E-state index contributed by atoms with van der Waals surface area (Å²) in [6.07, 6.45) is 3.39. The topological polar surface area (TPSA) is 56.3 Å². The molecule has 0 bridgehead atoms. The summed E-state index contributed by atoms with van der Waals surface area (Å²) in [6, 6.07) is 5.64. The summed E-state index contributed by atoms with van der Waals surface area (Å²) in [6.45, 7) is 3.16. The fourth-order valence-corrected chi connectivity index (χ4v) is 2.10. The second kappa shape index (κ2) is 7.09. The van der Waals surface area contributed by atoms with Crippen LogP contribution in [0.2, 0.25) is 0 Å². The van der Waals surface area contributed by atoms with Crippen molar-refractivity contribution in [3.8, 4) is 11.5 Å². The number of para-hydroxylation sites is 1. The molecular weight excluding hydrogens is 322 g/mol. The molecule has 0 aliphatic rings. The molecule has 1 heterocycles. The molecule has 0 unspecified atom stereocenters. The number of nitrogens with one attached hydrogen (secondary N) is 1. The fourth-order valence-electron chi connectivity index (χ4n) is 1.64. The molecule has 6 heteroatoms. The Morgan fingerprint density at radius 1 is 1.25 bits per heavy atom. The highest BCUT2D eigenvalue weighted by Gasteiger charge is 2.09. The van der Waals surface area contributed by atoms with E-state index in [1.54, 1.807) is 19.5 Å². The number of benzene rings is 1. The van der Waals surface area contributed by atoms with Crippen LogP contribution in [-0.4, -0.2) is 23.6 Å². The largest absolute Gasteiger partial charge is 0.493 e. The summed E-state index contributed by atoms with van der Waals surface area (Å²) in [5, 5.41) is 3.09. The molecule has 0 radical (unpaired) electrons. The highest BCUT2D eigenvalue weighted by molar-refractivity contribution is 9.10. The minimum atomic E-state index is 0.332. The third-order valence-electron chi connectivity index (χ3n) is 2.58. The van der Waals surface area contributed by atoms with Gasteiger partial charge in [-0.1, -0.05) is 6.07 Å². The van der Waals surface area contributed by atoms with Crippen molar-refractivity contribution in [2.45, 2.75) is 13.5 Å². The molecule has 20 heavy (non-hydrogen) atoms. The minimum absolute atomic E-state index is 0.332. The van der Waals surface area contributed by atoms with Gasteiger partial charge in [0.25, 0.3) is 0 Å². The second-order valence-electron chi connectivity index (χ2n) is 3.98. The Balaban J connectivity index is 2.05. The van der Waals surface area contributed by atoms with Gasteiger partial charge in [0.2, 0.25) is 0 Å². The van der Waals surface area contributed by atoms with Crippen LogP contribution in [0.15, 0.2) is 35.1 Å². The summed E-state index contributed by atoms with van der Waals surface area (Å²) in [4.78, 5) is 8.54. The number of hydrogen-bond acceptors (Lipinski definition) is 5. The molecule has 0 atom stereocenters. The molecular formula is C14H16BrN3O2. The number of hydrogen-bond donors (Lipinski definition) is 1. The van der Waals surface area contributed by atoms with Crippen molar-refractivity contribution in [1.29, 1.82) is 0 Å². The lowest BCUT2D eigenvalue weighted by Gasteiger charge is -2.12. The van der Waals surface area contributed by atoms with Crippen LogP contribution in [0.5, 0.6) is 11.5 Å². The first-order chi connectivity index (χ1) is 9.74. The van der Waals surface area contributed by atoms with Crippen LogP contribution in [0.4, 0.5) is 5.82 Å². The van der Waals surface area contributed by atoms with E-state index in [2.05, 4.69) is 31.2 Å². The molecule has 106 valence electrons. The van der Waals surface area contributed by atoms with Crippen molar-refractivity contribution in [3.63, 3.8) is 0 Å². The molecule has 0 amide bonds. The Morgan fingerprint density at radius 2 is 2.10 bits per heavy atom. The van der Waals surface area contributed by atoms with Crippen LogP contribution in [0.1, 0.15) is 12.6 Å². The van der Waals surface area contributed by atoms with Crippen LogP contribution in [0.3, 0.4) is 0 Å². The van der Waals surface area contributed by atoms with Gasteiger partial charge in [-0.05, 0) is 35.0 Å². The van der Waals surface area contributed by atoms with E-state index >= 15 is 0 Å². The minimum Gasteiger partial charge on any atom is -0.493 e. The normalized spacial score (nSPS) is 10.2. The molecule has 0 aliphatic heterocycles. The Bertz CT molecular complexity index is 561. The van der Waals surface area contributed by atoms with Gasteiger partial charge in [0.05, 0.1) is 29.7 Å². The maximum absolute atomic E-state index is 5.75. The predicted octanol–water partition coefficient (Wildman–Crippen LogP) is 3.26. The van der Waals surface area contributed by atoms with Crippen molar-refractivity contribution in [1.82, 2.24) is 9.97 Å². The van der Waals surface area contributed by atoms with Crippen molar-refractivity contribution in [2.24, 2.45) is 0 Å². The first-order valence-electron chi connectivity index (χ1n) is 6.24. The summed E-state index contributed by atoms with van der Waals surface area (Å²) < 4.78 is 11.9. The number of ether oxygens (including phenoxy) is 2. The first-order valence-corrected chi connectivity index (χ1v) is 7.04. The Hall–Kier alpha value is -1.82. The first kappa shape index (κ1) is 14.6. The molecule has 5 nitrogen and oxygen atoms in total. The van der Waals surface area contributed by atoms with E-state index in [4.69, 9.17) is 9.47 Å². The molecule has 2 aromatic rings. The van der Waals surface area contributed by atoms with E-state index in [9.17, 15) is 0 Å². The van der Waals surface area contributed by atoms with E-state index in [1.807, 2.05) is 25.1 Å². The van der Waals surface area contributed by atoms with E-state index in [0.717, 1.165) is 22.5 Å². The van der Waals surface area contributed by atoms with Crippen molar-refractivity contribution >= 4 is 21.7 Å². The Morgan fingerprint density at radius 3 is 2.75 bits per heavy atom. The lowest BCUT2D eigenvalue weighted by Crippen LogP contribution is -2.04. The molecule has 0 saturated heterocycles. The van der Waals surface area contributed by atoms with Gasteiger partial charge in [0, 0.05) is 6.54 Å². The van der Waals surface area contributed by atoms with Gasteiger partial charge in [0.15, 0.2) is 11.5 Å². The lowest BCUT2D eigenvalue weighted by atomic mass is 10.3. The quantitative estimate of drug-likeness (QED) is 0.876. The summed E-state index contributed by atoms with van der Waals surface area (Å²) in [7, 11) is 1.61. The smallest absolute Gasteiger partial charge is 0.175 e. The van der Waals surface area contributed by atoms with Crippen molar-refractivity contribution < 1.29 is 9.47 Å². The number of methoxy groups -OCH3 is 1. The molecule has 1 aromatic carbocycles. The van der Waals surface area contributed by atoms with Crippen LogP contribution in [0, 0.1) is 0 Å². The summed E-state index contributed by atoms with van der Waals surface area (Å²) in [5.74, 6) is 2.10. The van der Waals surface area contributed by atoms with Crippen LogP contribution in [0.25, 0.3) is 0 Å². The SMILES string of the molecule is CCNc1cnc(COc2c(Br)cccc2OC)cn1. The van der Waals surface area contributed by atoms with Crippen LogP contribution in [-0.2, 0) is 6.61 Å². The third kappa shape index (κ3) is 3.60. The summed E-state index contributed by atoms with van der Waals surface area (Å²) in [5.41, 5.74) is 0.754. The Kier molecular flexibility index (Phi) is 5.17. The van der Waals surface area contributed by atoms with E-state index in [0.29, 0.717) is 18.1 Å². The highest BCUT2D eigenvalue weighted by Crippen LogP contribution is 2.35. The zero-order valence-electron chi connectivity index (χ0n) is 11.4. The van der Waals surface area contributed by atoms with E-state index in [-0.39, 0.29) is 0 Å². The fraction of sp³-hybridized carbons (Fsp3) is 0.286. The average molecular weight is 338 g/mol. The van der Waals surface area contributed by atoms with Gasteiger partial charge in [-0.2, -0.15) is 0 Å². The number of aromatic nitrogens is 2. The Labute approximate surface area is 126 Å². The third-order valence-corrected chi connectivity index (χ3v) is 3.20. The molecule has 0 spiro atoms. The number of halogens is 1. The number of rotatable bonds is 6. The number of anilines is 1. The monoisotopic (exact) mass is 337 g/mol. The number of nitrogens with zero attached hydrogens (tertiary/aromatic N) is 2. The average Bonchev–Trinajstić information content (AvgIpc) is 2.47. The van der Waals surface area contributed by atoms with Gasteiger partial charge in [0.1, 0.15) is 12.4 Å². The second-order valence-corrected chi connectivity index (χ2v) is 4.84. The van der Waals surface area contributed by atoms with Gasteiger partial charge < -0.3 is 14.8 Å². The van der Waals surface area contributed by atoms with Gasteiger partial charge in [-0.3, -0.25) is 4.98 Å². The molecule has 0 aliphatic carbocycles. The zero-order chi connectivity index (χ0) is 14.4. The van der Waals surface area contributed by atoms with Crippen LogP contribution < -0.4 is 14.8 Å². The zero-order valence-corrected chi connectivity index (χ0v) is 13.0. The van der Waals surface area contributed by atoms with Crippen molar-refractivity contribution in [2.75, 3.05) is 19.0 Å². The summed E-state index contributed by atoms with van der Waals surface area (Å²) >= 11 is 3.44. The predicted molar refractivity (Wildman–Crippen MR) is 81.2 cm³/mol. The maximum atomic E-state index is 5.75. The molecule has 1 aromatic heterocycles. The molecule has 0 saturated carbocycles. The molecule has 1 N–H and O–H groups in total. The van der Waals surface area contributed by atoms with Crippen molar-refractivity contribution in [3.05, 3.63) is 40.8 Å². The maximum Gasteiger partial charge on any atom is 0.175 e. The van der Waals surface area contributed by atoms with Gasteiger partial charge >= 0.3 is 0 Å². The van der Waals surface area contributed by atoms with Gasteiger partial charge in [-0.15, -0.1) is 0 Å².